The van der Waals surface area contributed by atoms with Crippen LogP contribution in [0.25, 0.3) is 0 Å². The van der Waals surface area contributed by atoms with Crippen LogP contribution in [0.1, 0.15) is 32.3 Å². The first kappa shape index (κ1) is 15.0. The summed E-state index contributed by atoms with van der Waals surface area (Å²) in [6.07, 6.45) is 2.13. The molecule has 1 aromatic rings. The van der Waals surface area contributed by atoms with Gasteiger partial charge in [0.2, 0.25) is 5.91 Å². The van der Waals surface area contributed by atoms with E-state index in [0.29, 0.717) is 6.04 Å². The van der Waals surface area contributed by atoms with Crippen molar-refractivity contribution in [2.24, 2.45) is 0 Å². The number of carbonyl (C=O) groups is 1. The van der Waals surface area contributed by atoms with E-state index in [2.05, 4.69) is 5.32 Å². The van der Waals surface area contributed by atoms with Gasteiger partial charge in [-0.05, 0) is 51.4 Å². The Labute approximate surface area is 120 Å². The van der Waals surface area contributed by atoms with Crippen molar-refractivity contribution >= 4 is 5.91 Å². The molecule has 1 amide bonds. The Bertz CT molecular complexity index is 470. The number of nitrogens with one attached hydrogen (secondary N) is 1. The molecule has 20 heavy (non-hydrogen) atoms. The topological polar surface area (TPSA) is 32.3 Å². The van der Waals surface area contributed by atoms with Crippen LogP contribution in [0.5, 0.6) is 0 Å². The standard InChI is InChI=1S/C16H23FN2O/c1-16(2,12-6-8-13(17)9-7-12)15(20)19-10-4-5-14(11-19)18-3/h6-9,14,18H,4-5,10-11H2,1-3H3. The summed E-state index contributed by atoms with van der Waals surface area (Å²) >= 11 is 0. The zero-order valence-electron chi connectivity index (χ0n) is 12.4. The maximum Gasteiger partial charge on any atom is 0.232 e. The summed E-state index contributed by atoms with van der Waals surface area (Å²) in [5.74, 6) is -0.158. The third-order valence-electron chi connectivity index (χ3n) is 4.22. The molecule has 1 aromatic carbocycles. The molecule has 1 unspecified atom stereocenters. The average molecular weight is 278 g/mol. The lowest BCUT2D eigenvalue weighted by atomic mass is 9.82. The van der Waals surface area contributed by atoms with Gasteiger partial charge in [-0.3, -0.25) is 4.79 Å². The molecule has 0 aromatic heterocycles. The molecule has 0 bridgehead atoms. The minimum Gasteiger partial charge on any atom is -0.340 e. The molecule has 1 fully saturated rings. The smallest absolute Gasteiger partial charge is 0.232 e. The quantitative estimate of drug-likeness (QED) is 0.920. The van der Waals surface area contributed by atoms with Gasteiger partial charge in [0.1, 0.15) is 5.82 Å². The Balaban J connectivity index is 2.16. The highest BCUT2D eigenvalue weighted by molar-refractivity contribution is 5.87. The first-order valence-corrected chi connectivity index (χ1v) is 7.18. The second-order valence-electron chi connectivity index (χ2n) is 6.01. The molecule has 1 saturated heterocycles. The van der Waals surface area contributed by atoms with E-state index in [1.165, 1.54) is 12.1 Å². The van der Waals surface area contributed by atoms with Gasteiger partial charge in [-0.1, -0.05) is 12.1 Å². The van der Waals surface area contributed by atoms with Crippen molar-refractivity contribution in [1.29, 1.82) is 0 Å². The molecule has 3 nitrogen and oxygen atoms in total. The highest BCUT2D eigenvalue weighted by Gasteiger charge is 2.35. The normalized spacial score (nSPS) is 20.0. The number of hydrogen-bond donors (Lipinski definition) is 1. The van der Waals surface area contributed by atoms with Crippen LogP contribution < -0.4 is 5.32 Å². The molecule has 1 atom stereocenters. The van der Waals surface area contributed by atoms with Crippen molar-refractivity contribution in [1.82, 2.24) is 10.2 Å². The summed E-state index contributed by atoms with van der Waals surface area (Å²) in [6, 6.07) is 6.60. The molecule has 1 heterocycles. The fraction of sp³-hybridized carbons (Fsp3) is 0.562. The number of piperidine rings is 1. The van der Waals surface area contributed by atoms with Crippen molar-refractivity contribution in [3.05, 3.63) is 35.6 Å². The fourth-order valence-corrected chi connectivity index (χ4v) is 2.78. The van der Waals surface area contributed by atoms with Gasteiger partial charge in [0.25, 0.3) is 0 Å². The molecule has 0 aliphatic carbocycles. The second kappa shape index (κ2) is 5.92. The molecule has 110 valence electrons. The van der Waals surface area contributed by atoms with Crippen molar-refractivity contribution < 1.29 is 9.18 Å². The Morgan fingerprint density at radius 1 is 1.35 bits per heavy atom. The molecule has 2 rings (SSSR count). The van der Waals surface area contributed by atoms with Crippen LogP contribution in [0.3, 0.4) is 0 Å². The number of benzene rings is 1. The first-order valence-electron chi connectivity index (χ1n) is 7.18. The number of rotatable bonds is 3. The lowest BCUT2D eigenvalue weighted by Gasteiger charge is -2.37. The number of likely N-dealkylation sites (tertiary alicyclic amines) is 1. The second-order valence-corrected chi connectivity index (χ2v) is 6.01. The van der Waals surface area contributed by atoms with Gasteiger partial charge >= 0.3 is 0 Å². The number of amides is 1. The van der Waals surface area contributed by atoms with Crippen LogP contribution in [0.4, 0.5) is 4.39 Å². The average Bonchev–Trinajstić information content (AvgIpc) is 2.47. The number of nitrogens with zero attached hydrogens (tertiary/aromatic N) is 1. The third kappa shape index (κ3) is 3.01. The Morgan fingerprint density at radius 2 is 2.00 bits per heavy atom. The van der Waals surface area contributed by atoms with E-state index in [4.69, 9.17) is 0 Å². The molecular formula is C16H23FN2O. The van der Waals surface area contributed by atoms with Crippen molar-refractivity contribution in [3.8, 4) is 0 Å². The zero-order valence-corrected chi connectivity index (χ0v) is 12.4. The summed E-state index contributed by atoms with van der Waals surface area (Å²) in [4.78, 5) is 14.7. The summed E-state index contributed by atoms with van der Waals surface area (Å²) in [6.45, 7) is 5.37. The maximum atomic E-state index is 13.0. The lowest BCUT2D eigenvalue weighted by Crippen LogP contribution is -2.51. The molecule has 4 heteroatoms. The van der Waals surface area contributed by atoms with Crippen LogP contribution in [-0.2, 0) is 10.2 Å². The van der Waals surface area contributed by atoms with Gasteiger partial charge in [0.05, 0.1) is 5.41 Å². The Morgan fingerprint density at radius 3 is 2.60 bits per heavy atom. The van der Waals surface area contributed by atoms with Crippen LogP contribution in [0.2, 0.25) is 0 Å². The number of hydrogen-bond acceptors (Lipinski definition) is 2. The summed E-state index contributed by atoms with van der Waals surface area (Å²) in [5.41, 5.74) is 0.235. The van der Waals surface area contributed by atoms with Crippen LogP contribution in [-0.4, -0.2) is 37.0 Å². The van der Waals surface area contributed by atoms with Gasteiger partial charge in [0.15, 0.2) is 0 Å². The van der Waals surface area contributed by atoms with Crippen LogP contribution >= 0.6 is 0 Å². The minimum absolute atomic E-state index is 0.115. The zero-order chi connectivity index (χ0) is 14.8. The van der Waals surface area contributed by atoms with E-state index < -0.39 is 5.41 Å². The highest BCUT2D eigenvalue weighted by Crippen LogP contribution is 2.27. The molecule has 1 aliphatic heterocycles. The van der Waals surface area contributed by atoms with Crippen molar-refractivity contribution in [2.45, 2.75) is 38.1 Å². The van der Waals surface area contributed by atoms with Crippen LogP contribution in [0, 0.1) is 5.82 Å². The van der Waals surface area contributed by atoms with Crippen molar-refractivity contribution in [3.63, 3.8) is 0 Å². The summed E-state index contributed by atoms with van der Waals surface area (Å²) in [5, 5.41) is 3.24. The molecule has 0 saturated carbocycles. The first-order chi connectivity index (χ1) is 9.45. The fourth-order valence-electron chi connectivity index (χ4n) is 2.78. The van der Waals surface area contributed by atoms with Gasteiger partial charge in [-0.2, -0.15) is 0 Å². The van der Waals surface area contributed by atoms with E-state index in [1.807, 2.05) is 25.8 Å². The van der Waals surface area contributed by atoms with E-state index in [0.717, 1.165) is 31.5 Å². The molecule has 0 radical (unpaired) electrons. The third-order valence-corrected chi connectivity index (χ3v) is 4.22. The van der Waals surface area contributed by atoms with Gasteiger partial charge in [-0.15, -0.1) is 0 Å². The van der Waals surface area contributed by atoms with E-state index in [9.17, 15) is 9.18 Å². The van der Waals surface area contributed by atoms with Crippen molar-refractivity contribution in [2.75, 3.05) is 20.1 Å². The number of halogens is 1. The SMILES string of the molecule is CNC1CCCN(C(=O)C(C)(C)c2ccc(F)cc2)C1. The molecule has 1 N–H and O–H groups in total. The van der Waals surface area contributed by atoms with E-state index in [-0.39, 0.29) is 11.7 Å². The highest BCUT2D eigenvalue weighted by atomic mass is 19.1. The number of carbonyl (C=O) groups excluding carboxylic acids is 1. The molecular weight excluding hydrogens is 255 g/mol. The minimum atomic E-state index is -0.622. The molecule has 0 spiro atoms. The maximum absolute atomic E-state index is 13.0. The van der Waals surface area contributed by atoms with E-state index >= 15 is 0 Å². The van der Waals surface area contributed by atoms with Gasteiger partial charge in [0, 0.05) is 19.1 Å². The predicted molar refractivity (Wildman–Crippen MR) is 78.1 cm³/mol. The Hall–Kier alpha value is -1.42. The lowest BCUT2D eigenvalue weighted by molar-refractivity contribution is -0.137. The summed E-state index contributed by atoms with van der Waals surface area (Å²) < 4.78 is 13.0. The van der Waals surface area contributed by atoms with E-state index in [1.54, 1.807) is 12.1 Å². The monoisotopic (exact) mass is 278 g/mol. The predicted octanol–water partition coefficient (Wildman–Crippen LogP) is 2.31. The largest absolute Gasteiger partial charge is 0.340 e. The Kier molecular flexibility index (Phi) is 4.43. The number of likely N-dealkylation sites (N-methyl/N-ethyl adjacent to an activating group) is 1. The van der Waals surface area contributed by atoms with Crippen LogP contribution in [0.15, 0.2) is 24.3 Å². The van der Waals surface area contributed by atoms with Gasteiger partial charge in [-0.25, -0.2) is 4.39 Å². The molecule has 1 aliphatic rings. The van der Waals surface area contributed by atoms with Gasteiger partial charge < -0.3 is 10.2 Å². The summed E-state index contributed by atoms with van der Waals surface area (Å²) in [7, 11) is 1.93.